The van der Waals surface area contributed by atoms with Gasteiger partial charge in [-0.15, -0.1) is 6.58 Å². The average Bonchev–Trinajstić information content (AvgIpc) is 2.84. The zero-order valence-electron chi connectivity index (χ0n) is 20.2. The second kappa shape index (κ2) is 10.8. The van der Waals surface area contributed by atoms with E-state index in [9.17, 15) is 4.79 Å². The predicted molar refractivity (Wildman–Crippen MR) is 140 cm³/mol. The van der Waals surface area contributed by atoms with Gasteiger partial charge >= 0.3 is 0 Å². The molecule has 1 amide bonds. The molecule has 2 unspecified atom stereocenters. The summed E-state index contributed by atoms with van der Waals surface area (Å²) in [5.41, 5.74) is 1.71. The lowest BCUT2D eigenvalue weighted by Crippen LogP contribution is -2.58. The summed E-state index contributed by atoms with van der Waals surface area (Å²) < 4.78 is 6.27. The van der Waals surface area contributed by atoms with Crippen LogP contribution in [0.2, 0.25) is 10.0 Å². The van der Waals surface area contributed by atoms with Crippen molar-refractivity contribution in [1.82, 2.24) is 4.90 Å². The maximum atomic E-state index is 14.3. The van der Waals surface area contributed by atoms with Crippen LogP contribution in [0.1, 0.15) is 75.5 Å². The topological polar surface area (TPSA) is 29.5 Å². The molecular weight excluding hydrogens is 465 g/mol. The maximum Gasteiger partial charge on any atom is 0.229 e. The quantitative estimate of drug-likeness (QED) is 0.361. The third kappa shape index (κ3) is 5.08. The number of hydrogen-bond acceptors (Lipinski definition) is 2. The third-order valence-electron chi connectivity index (χ3n) is 7.60. The van der Waals surface area contributed by atoms with Gasteiger partial charge in [-0.2, -0.15) is 0 Å². The normalized spacial score (nSPS) is 28.5. The molecule has 0 aliphatic carbocycles. The van der Waals surface area contributed by atoms with Crippen molar-refractivity contribution < 1.29 is 9.53 Å². The molecule has 0 radical (unpaired) electrons. The molecule has 2 aliphatic rings. The Morgan fingerprint density at radius 1 is 1.15 bits per heavy atom. The minimum absolute atomic E-state index is 0.000368. The SMILES string of the molecule is C=CC[C@@]1(C)C[C@H](c2cccc(Cl)c2)C(c2ccc(Cl)cc2)N([C@@H](CC)C2CCCCO2)C1=O. The molecule has 0 aromatic heterocycles. The molecule has 2 saturated heterocycles. The summed E-state index contributed by atoms with van der Waals surface area (Å²) in [5.74, 6) is 0.270. The lowest BCUT2D eigenvalue weighted by atomic mass is 9.66. The molecule has 182 valence electrons. The number of ether oxygens (including phenoxy) is 1. The number of benzene rings is 2. The van der Waals surface area contributed by atoms with Crippen LogP contribution < -0.4 is 0 Å². The Morgan fingerprint density at radius 3 is 2.53 bits per heavy atom. The third-order valence-corrected chi connectivity index (χ3v) is 8.09. The van der Waals surface area contributed by atoms with E-state index >= 15 is 0 Å². The van der Waals surface area contributed by atoms with E-state index in [2.05, 4.69) is 49.6 Å². The van der Waals surface area contributed by atoms with Crippen LogP contribution in [0.5, 0.6) is 0 Å². The number of hydrogen-bond donors (Lipinski definition) is 0. The average molecular weight is 501 g/mol. The molecule has 0 bridgehead atoms. The van der Waals surface area contributed by atoms with Crippen LogP contribution >= 0.6 is 23.2 Å². The fourth-order valence-electron chi connectivity index (χ4n) is 5.96. The Bertz CT molecular complexity index is 1000. The summed E-state index contributed by atoms with van der Waals surface area (Å²) in [7, 11) is 0. The van der Waals surface area contributed by atoms with Crippen molar-refractivity contribution in [3.63, 3.8) is 0 Å². The Morgan fingerprint density at radius 2 is 1.91 bits per heavy atom. The molecule has 2 aromatic rings. The van der Waals surface area contributed by atoms with Gasteiger partial charge in [0.1, 0.15) is 0 Å². The first-order valence-corrected chi connectivity index (χ1v) is 13.2. The number of nitrogens with zero attached hydrogens (tertiary/aromatic N) is 1. The van der Waals surface area contributed by atoms with Gasteiger partial charge in [-0.25, -0.2) is 0 Å². The standard InChI is InChI=1S/C29H35Cl2NO2/c1-4-16-29(3)19-24(21-9-8-10-23(31)18-21)27(20-12-14-22(30)15-13-20)32(28(29)33)25(5-2)26-11-6-7-17-34-26/h4,8-10,12-15,18,24-27H,1,5-7,11,16-17,19H2,2-3H3/t24-,25+,26?,27?,29+/m1/s1. The minimum atomic E-state index is -0.542. The zero-order valence-corrected chi connectivity index (χ0v) is 21.7. The van der Waals surface area contributed by atoms with E-state index < -0.39 is 5.41 Å². The summed E-state index contributed by atoms with van der Waals surface area (Å²) in [5, 5.41) is 1.40. The summed E-state index contributed by atoms with van der Waals surface area (Å²) >= 11 is 12.7. The molecule has 34 heavy (non-hydrogen) atoms. The number of carbonyl (C=O) groups excluding carboxylic acids is 1. The first-order chi connectivity index (χ1) is 16.4. The highest BCUT2D eigenvalue weighted by atomic mass is 35.5. The van der Waals surface area contributed by atoms with E-state index in [1.807, 2.05) is 30.3 Å². The van der Waals surface area contributed by atoms with Crippen LogP contribution in [0.25, 0.3) is 0 Å². The molecular formula is C29H35Cl2NO2. The molecule has 3 nitrogen and oxygen atoms in total. The summed E-state index contributed by atoms with van der Waals surface area (Å²) in [6.07, 6.45) is 7.33. The number of rotatable bonds is 7. The van der Waals surface area contributed by atoms with Gasteiger partial charge in [0.05, 0.1) is 23.6 Å². The molecule has 4 rings (SSSR count). The minimum Gasteiger partial charge on any atom is -0.376 e. The molecule has 2 aromatic carbocycles. The summed E-state index contributed by atoms with van der Waals surface area (Å²) in [6, 6.07) is 15.9. The van der Waals surface area contributed by atoms with Crippen molar-refractivity contribution in [2.24, 2.45) is 5.41 Å². The highest BCUT2D eigenvalue weighted by Gasteiger charge is 2.52. The van der Waals surface area contributed by atoms with Crippen LogP contribution in [0.3, 0.4) is 0 Å². The highest BCUT2D eigenvalue weighted by molar-refractivity contribution is 6.30. The van der Waals surface area contributed by atoms with Crippen molar-refractivity contribution in [1.29, 1.82) is 0 Å². The van der Waals surface area contributed by atoms with Gasteiger partial charge < -0.3 is 9.64 Å². The Labute approximate surface area is 214 Å². The summed E-state index contributed by atoms with van der Waals surface area (Å²) in [6.45, 7) is 9.00. The first-order valence-electron chi connectivity index (χ1n) is 12.4. The maximum absolute atomic E-state index is 14.3. The highest BCUT2D eigenvalue weighted by Crippen LogP contribution is 2.52. The Kier molecular flexibility index (Phi) is 8.07. The molecule has 5 heteroatoms. The first kappa shape index (κ1) is 25.3. The second-order valence-electron chi connectivity index (χ2n) is 10.0. The van der Waals surface area contributed by atoms with Gasteiger partial charge in [-0.05, 0) is 73.9 Å². The van der Waals surface area contributed by atoms with E-state index in [-0.39, 0.29) is 30.0 Å². The van der Waals surface area contributed by atoms with E-state index in [1.165, 1.54) is 0 Å². The molecule has 0 saturated carbocycles. The Balaban J connectivity index is 1.88. The number of carbonyl (C=O) groups is 1. The van der Waals surface area contributed by atoms with Crippen LogP contribution in [-0.2, 0) is 9.53 Å². The van der Waals surface area contributed by atoms with Crippen molar-refractivity contribution >= 4 is 29.1 Å². The number of allylic oxidation sites excluding steroid dienone is 1. The van der Waals surface area contributed by atoms with Crippen LogP contribution in [0.4, 0.5) is 0 Å². The number of amides is 1. The van der Waals surface area contributed by atoms with E-state index in [4.69, 9.17) is 27.9 Å². The lowest BCUT2D eigenvalue weighted by Gasteiger charge is -2.53. The van der Waals surface area contributed by atoms with Crippen LogP contribution in [0, 0.1) is 5.41 Å². The molecule has 5 atom stereocenters. The van der Waals surface area contributed by atoms with Crippen molar-refractivity contribution in [3.8, 4) is 0 Å². The van der Waals surface area contributed by atoms with Gasteiger partial charge in [-0.3, -0.25) is 4.79 Å². The molecule has 2 fully saturated rings. The smallest absolute Gasteiger partial charge is 0.229 e. The lowest BCUT2D eigenvalue weighted by molar-refractivity contribution is -0.161. The second-order valence-corrected chi connectivity index (χ2v) is 10.9. The van der Waals surface area contributed by atoms with Gasteiger partial charge in [0.2, 0.25) is 5.91 Å². The Hall–Kier alpha value is -1.81. The monoisotopic (exact) mass is 499 g/mol. The molecule has 0 N–H and O–H groups in total. The molecule has 2 heterocycles. The van der Waals surface area contributed by atoms with Gasteiger partial charge in [0, 0.05) is 22.6 Å². The van der Waals surface area contributed by atoms with Crippen LogP contribution in [-0.4, -0.2) is 29.6 Å². The van der Waals surface area contributed by atoms with Crippen molar-refractivity contribution in [2.75, 3.05) is 6.61 Å². The summed E-state index contributed by atoms with van der Waals surface area (Å²) in [4.78, 5) is 16.5. The van der Waals surface area contributed by atoms with Gasteiger partial charge in [0.25, 0.3) is 0 Å². The fraction of sp³-hybridized carbons (Fsp3) is 0.483. The van der Waals surface area contributed by atoms with E-state index in [0.29, 0.717) is 16.5 Å². The molecule has 0 spiro atoms. The number of likely N-dealkylation sites (tertiary alicyclic amines) is 1. The van der Waals surface area contributed by atoms with Crippen molar-refractivity contribution in [3.05, 3.63) is 82.4 Å². The molecule has 2 aliphatic heterocycles. The van der Waals surface area contributed by atoms with Gasteiger partial charge in [0.15, 0.2) is 0 Å². The van der Waals surface area contributed by atoms with Crippen molar-refractivity contribution in [2.45, 2.75) is 76.5 Å². The predicted octanol–water partition coefficient (Wildman–Crippen LogP) is 7.98. The van der Waals surface area contributed by atoms with E-state index in [1.54, 1.807) is 0 Å². The zero-order chi connectivity index (χ0) is 24.3. The van der Waals surface area contributed by atoms with Crippen LogP contribution in [0.15, 0.2) is 61.2 Å². The van der Waals surface area contributed by atoms with Gasteiger partial charge in [-0.1, -0.05) is 67.4 Å². The fourth-order valence-corrected chi connectivity index (χ4v) is 6.29. The number of piperidine rings is 1. The van der Waals surface area contributed by atoms with E-state index in [0.717, 1.165) is 49.8 Å². The number of halogens is 2. The largest absolute Gasteiger partial charge is 0.376 e.